The number of carbonyl (C=O) groups is 2. The largest absolute Gasteiger partial charge is 0.480 e. The highest BCUT2D eigenvalue weighted by Gasteiger charge is 2.37. The molecule has 0 aliphatic carbocycles. The average molecular weight is 338 g/mol. The van der Waals surface area contributed by atoms with Crippen LogP contribution in [0.15, 0.2) is 33.6 Å². The Balaban J connectivity index is 2.01. The molecule has 1 aliphatic heterocycles. The molecule has 1 saturated heterocycles. The molecule has 23 heavy (non-hydrogen) atoms. The van der Waals surface area contributed by atoms with E-state index in [0.717, 1.165) is 4.57 Å². The predicted molar refractivity (Wildman–Crippen MR) is 79.1 cm³/mol. The number of carboxylic acid groups (broad SMARTS) is 1. The third kappa shape index (κ3) is 2.72. The molecular weight excluding hydrogens is 326 g/mol. The molecule has 1 amide bonds. The average Bonchev–Trinajstić information content (AvgIpc) is 3.03. The third-order valence-electron chi connectivity index (χ3n) is 3.66. The van der Waals surface area contributed by atoms with Crippen molar-refractivity contribution in [1.82, 2.24) is 14.6 Å². The van der Waals surface area contributed by atoms with Crippen LogP contribution in [0.2, 0.25) is 5.02 Å². The van der Waals surface area contributed by atoms with Crippen molar-refractivity contribution in [2.45, 2.75) is 12.5 Å². The van der Waals surface area contributed by atoms with Crippen molar-refractivity contribution >= 4 is 23.5 Å². The number of aromatic nitrogens is 2. The van der Waals surface area contributed by atoms with Gasteiger partial charge < -0.3 is 10.0 Å². The topological polar surface area (TPSA) is 106 Å². The van der Waals surface area contributed by atoms with Gasteiger partial charge in [-0.3, -0.25) is 14.1 Å². The Bertz CT molecular complexity index is 828. The van der Waals surface area contributed by atoms with Crippen molar-refractivity contribution in [2.24, 2.45) is 0 Å². The molecule has 1 aliphatic rings. The van der Waals surface area contributed by atoms with Crippen LogP contribution in [0.5, 0.6) is 0 Å². The molecule has 1 unspecified atom stereocenters. The fourth-order valence-electron chi connectivity index (χ4n) is 2.64. The standard InChI is InChI=1S/C14H12ClN3O5/c15-9-4-2-1-3-8(9)12-16-23-14(22)18(12)10-5-6-17(13(10)21)7-11(19)20/h1-4,10H,5-7H2,(H,19,20). The summed E-state index contributed by atoms with van der Waals surface area (Å²) in [5.41, 5.74) is 0.463. The van der Waals surface area contributed by atoms with E-state index in [-0.39, 0.29) is 12.4 Å². The molecule has 2 aromatic rings. The van der Waals surface area contributed by atoms with Gasteiger partial charge in [0, 0.05) is 12.1 Å². The van der Waals surface area contributed by atoms with Gasteiger partial charge in [-0.1, -0.05) is 28.9 Å². The lowest BCUT2D eigenvalue weighted by Gasteiger charge is -2.14. The monoisotopic (exact) mass is 337 g/mol. The molecule has 1 aromatic heterocycles. The number of aliphatic carboxylic acids is 1. The van der Waals surface area contributed by atoms with Crippen molar-refractivity contribution in [2.75, 3.05) is 13.1 Å². The lowest BCUT2D eigenvalue weighted by Crippen LogP contribution is -2.35. The van der Waals surface area contributed by atoms with Gasteiger partial charge in [0.05, 0.1) is 5.02 Å². The Morgan fingerprint density at radius 2 is 2.13 bits per heavy atom. The van der Waals surface area contributed by atoms with E-state index >= 15 is 0 Å². The Morgan fingerprint density at radius 1 is 1.39 bits per heavy atom. The van der Waals surface area contributed by atoms with E-state index in [4.69, 9.17) is 21.2 Å². The molecule has 8 nitrogen and oxygen atoms in total. The van der Waals surface area contributed by atoms with Gasteiger partial charge in [0.25, 0.3) is 0 Å². The second kappa shape index (κ2) is 5.88. The van der Waals surface area contributed by atoms with Gasteiger partial charge in [-0.15, -0.1) is 0 Å². The Hall–Kier alpha value is -2.61. The maximum absolute atomic E-state index is 12.4. The highest BCUT2D eigenvalue weighted by molar-refractivity contribution is 6.33. The van der Waals surface area contributed by atoms with E-state index in [1.807, 2.05) is 0 Å². The Morgan fingerprint density at radius 3 is 2.83 bits per heavy atom. The third-order valence-corrected chi connectivity index (χ3v) is 3.99. The van der Waals surface area contributed by atoms with E-state index in [0.29, 0.717) is 17.0 Å². The van der Waals surface area contributed by atoms with Crippen LogP contribution in [0.3, 0.4) is 0 Å². The summed E-state index contributed by atoms with van der Waals surface area (Å²) < 4.78 is 5.82. The maximum atomic E-state index is 12.4. The van der Waals surface area contributed by atoms with E-state index in [1.165, 1.54) is 4.90 Å². The number of amides is 1. The number of benzene rings is 1. The van der Waals surface area contributed by atoms with Crippen LogP contribution in [0, 0.1) is 0 Å². The van der Waals surface area contributed by atoms with Crippen LogP contribution >= 0.6 is 11.6 Å². The minimum absolute atomic E-state index is 0.149. The molecule has 3 rings (SSSR count). The number of carboxylic acids is 1. The van der Waals surface area contributed by atoms with Crippen LogP contribution in [-0.4, -0.2) is 44.7 Å². The van der Waals surface area contributed by atoms with Crippen LogP contribution < -0.4 is 5.76 Å². The van der Waals surface area contributed by atoms with E-state index in [9.17, 15) is 14.4 Å². The summed E-state index contributed by atoms with van der Waals surface area (Å²) in [7, 11) is 0. The van der Waals surface area contributed by atoms with Gasteiger partial charge in [0.2, 0.25) is 5.91 Å². The molecule has 1 aromatic carbocycles. The minimum Gasteiger partial charge on any atom is -0.480 e. The smallest absolute Gasteiger partial charge is 0.442 e. The highest BCUT2D eigenvalue weighted by atomic mass is 35.5. The molecule has 0 radical (unpaired) electrons. The molecule has 0 bridgehead atoms. The highest BCUT2D eigenvalue weighted by Crippen LogP contribution is 2.30. The number of halogens is 1. The molecule has 1 N–H and O–H groups in total. The van der Waals surface area contributed by atoms with Crippen LogP contribution in [-0.2, 0) is 9.59 Å². The maximum Gasteiger partial charge on any atom is 0.442 e. The summed E-state index contributed by atoms with van der Waals surface area (Å²) in [6.45, 7) is -0.161. The first-order chi connectivity index (χ1) is 11.0. The number of hydrogen-bond acceptors (Lipinski definition) is 5. The number of hydrogen-bond donors (Lipinski definition) is 1. The van der Waals surface area contributed by atoms with Gasteiger partial charge in [0.15, 0.2) is 5.82 Å². The summed E-state index contributed by atoms with van der Waals surface area (Å²) in [5.74, 6) is -2.19. The molecule has 2 heterocycles. The van der Waals surface area contributed by atoms with Crippen LogP contribution in [0.25, 0.3) is 11.4 Å². The van der Waals surface area contributed by atoms with Gasteiger partial charge in [-0.25, -0.2) is 9.36 Å². The normalized spacial score (nSPS) is 17.7. The Kier molecular flexibility index (Phi) is 3.91. The molecule has 9 heteroatoms. The van der Waals surface area contributed by atoms with Crippen LogP contribution in [0.4, 0.5) is 0 Å². The van der Waals surface area contributed by atoms with E-state index in [1.54, 1.807) is 24.3 Å². The second-order valence-electron chi connectivity index (χ2n) is 5.08. The zero-order valence-corrected chi connectivity index (χ0v) is 12.6. The molecule has 1 fully saturated rings. The molecule has 1 atom stereocenters. The number of carbonyl (C=O) groups excluding carboxylic acids is 1. The molecular formula is C14H12ClN3O5. The lowest BCUT2D eigenvalue weighted by molar-refractivity contribution is -0.143. The van der Waals surface area contributed by atoms with Crippen molar-refractivity contribution in [3.8, 4) is 11.4 Å². The predicted octanol–water partition coefficient (Wildman–Crippen LogP) is 1.01. The van der Waals surface area contributed by atoms with Crippen molar-refractivity contribution in [3.63, 3.8) is 0 Å². The zero-order chi connectivity index (χ0) is 16.6. The van der Waals surface area contributed by atoms with Gasteiger partial charge in [-0.2, -0.15) is 0 Å². The summed E-state index contributed by atoms with van der Waals surface area (Å²) in [6, 6.07) is 5.89. The first kappa shape index (κ1) is 15.3. The van der Waals surface area contributed by atoms with Gasteiger partial charge in [-0.05, 0) is 18.6 Å². The molecule has 0 saturated carbocycles. The van der Waals surface area contributed by atoms with Gasteiger partial charge >= 0.3 is 11.7 Å². The summed E-state index contributed by atoms with van der Waals surface area (Å²) in [6.07, 6.45) is 0.296. The van der Waals surface area contributed by atoms with Crippen LogP contribution in [0.1, 0.15) is 12.5 Å². The van der Waals surface area contributed by atoms with E-state index in [2.05, 4.69) is 5.16 Å². The number of rotatable bonds is 4. The number of likely N-dealkylation sites (tertiary alicyclic amines) is 1. The van der Waals surface area contributed by atoms with E-state index < -0.39 is 30.2 Å². The lowest BCUT2D eigenvalue weighted by atomic mass is 10.2. The zero-order valence-electron chi connectivity index (χ0n) is 11.8. The number of nitrogens with zero attached hydrogens (tertiary/aromatic N) is 3. The first-order valence-electron chi connectivity index (χ1n) is 6.82. The van der Waals surface area contributed by atoms with Crippen molar-refractivity contribution in [1.29, 1.82) is 0 Å². The summed E-state index contributed by atoms with van der Waals surface area (Å²) in [4.78, 5) is 36.3. The van der Waals surface area contributed by atoms with Gasteiger partial charge in [0.1, 0.15) is 12.6 Å². The first-order valence-corrected chi connectivity index (χ1v) is 7.20. The fraction of sp³-hybridized carbons (Fsp3) is 0.286. The van der Waals surface area contributed by atoms with Crippen molar-refractivity contribution < 1.29 is 19.2 Å². The Labute approximate surface area is 134 Å². The summed E-state index contributed by atoms with van der Waals surface area (Å²) in [5, 5.41) is 12.9. The summed E-state index contributed by atoms with van der Waals surface area (Å²) >= 11 is 6.11. The van der Waals surface area contributed by atoms with Crippen molar-refractivity contribution in [3.05, 3.63) is 39.8 Å². The molecule has 120 valence electrons. The SMILES string of the molecule is O=C(O)CN1CCC(n2c(-c3ccccc3Cl)noc2=O)C1=O. The second-order valence-corrected chi connectivity index (χ2v) is 5.49. The molecule has 0 spiro atoms. The fourth-order valence-corrected chi connectivity index (χ4v) is 2.86. The minimum atomic E-state index is -1.11. The quantitative estimate of drug-likeness (QED) is 0.892.